The van der Waals surface area contributed by atoms with E-state index in [9.17, 15) is 4.79 Å². The molecule has 2 aromatic heterocycles. The number of H-pyrrole nitrogens is 1. The van der Waals surface area contributed by atoms with E-state index in [-0.39, 0.29) is 11.9 Å². The number of ether oxygens (including phenoxy) is 1. The predicted molar refractivity (Wildman–Crippen MR) is 121 cm³/mol. The Morgan fingerprint density at radius 1 is 1.29 bits per heavy atom. The topological polar surface area (TPSA) is 88.1 Å². The molecule has 1 aliphatic heterocycles. The van der Waals surface area contributed by atoms with Gasteiger partial charge in [-0.2, -0.15) is 0 Å². The lowest BCUT2D eigenvalue weighted by Gasteiger charge is -2.28. The number of aryl methyl sites for hydroxylation is 1. The molecule has 1 aliphatic rings. The molecular weight excluding hydrogens is 392 g/mol. The third-order valence-corrected chi connectivity index (χ3v) is 5.85. The number of nitrogens with one attached hydrogen (secondary N) is 2. The molecule has 0 aliphatic carbocycles. The molecule has 0 spiro atoms. The molecule has 1 saturated heterocycles. The van der Waals surface area contributed by atoms with Gasteiger partial charge in [0.25, 0.3) is 5.91 Å². The summed E-state index contributed by atoms with van der Waals surface area (Å²) in [6.07, 6.45) is 4.93. The smallest absolute Gasteiger partial charge is 0.289 e. The standard InChI is InChI=1S/C23H32N6O2/c1-16(2)25-22(30)21-26-27-23(28(3)15-17-9-12-31-13-10-17)29(21)11-8-18-14-24-20-7-5-4-6-19(18)20/h4-7,14,16-17,24H,8-13,15H2,1-3H3,(H,25,30). The minimum absolute atomic E-state index is 0.0367. The van der Waals surface area contributed by atoms with Crippen molar-refractivity contribution in [3.05, 3.63) is 41.9 Å². The van der Waals surface area contributed by atoms with Crippen molar-refractivity contribution in [2.45, 2.75) is 45.7 Å². The maximum atomic E-state index is 12.8. The number of nitrogens with zero attached hydrogens (tertiary/aromatic N) is 4. The van der Waals surface area contributed by atoms with Crippen LogP contribution in [-0.4, -0.2) is 58.5 Å². The van der Waals surface area contributed by atoms with Gasteiger partial charge in [-0.3, -0.25) is 9.36 Å². The Balaban J connectivity index is 1.57. The Bertz CT molecular complexity index is 1020. The number of para-hydroxylation sites is 1. The monoisotopic (exact) mass is 424 g/mol. The fourth-order valence-corrected chi connectivity index (χ4v) is 4.25. The van der Waals surface area contributed by atoms with Crippen molar-refractivity contribution in [3.8, 4) is 0 Å². The van der Waals surface area contributed by atoms with Gasteiger partial charge in [0.05, 0.1) is 0 Å². The molecule has 8 nitrogen and oxygen atoms in total. The maximum Gasteiger partial charge on any atom is 0.289 e. The van der Waals surface area contributed by atoms with Crippen LogP contribution in [0.1, 0.15) is 42.9 Å². The number of carbonyl (C=O) groups is 1. The molecule has 31 heavy (non-hydrogen) atoms. The first-order valence-corrected chi connectivity index (χ1v) is 11.1. The van der Waals surface area contributed by atoms with Crippen LogP contribution in [0.3, 0.4) is 0 Å². The molecule has 0 radical (unpaired) electrons. The second-order valence-electron chi connectivity index (χ2n) is 8.65. The SMILES string of the molecule is CC(C)NC(=O)c1nnc(N(C)CC2CCOCC2)n1CCc1c[nH]c2ccccc12. The molecule has 8 heteroatoms. The van der Waals surface area contributed by atoms with Crippen LogP contribution in [0.25, 0.3) is 10.9 Å². The summed E-state index contributed by atoms with van der Waals surface area (Å²) in [5, 5.41) is 12.8. The van der Waals surface area contributed by atoms with E-state index in [1.54, 1.807) is 0 Å². The van der Waals surface area contributed by atoms with Gasteiger partial charge in [0.15, 0.2) is 0 Å². The zero-order valence-corrected chi connectivity index (χ0v) is 18.6. The molecule has 1 fully saturated rings. The third-order valence-electron chi connectivity index (χ3n) is 5.85. The van der Waals surface area contributed by atoms with Crippen LogP contribution >= 0.6 is 0 Å². The van der Waals surface area contributed by atoms with Crippen molar-refractivity contribution in [1.29, 1.82) is 0 Å². The van der Waals surface area contributed by atoms with Crippen molar-refractivity contribution < 1.29 is 9.53 Å². The second kappa shape index (κ2) is 9.51. The summed E-state index contributed by atoms with van der Waals surface area (Å²) in [5.74, 6) is 1.47. The number of rotatable bonds is 8. The first kappa shape index (κ1) is 21.4. The fraction of sp³-hybridized carbons (Fsp3) is 0.522. The van der Waals surface area contributed by atoms with Crippen LogP contribution in [0.5, 0.6) is 0 Å². The molecule has 0 unspecified atom stereocenters. The summed E-state index contributed by atoms with van der Waals surface area (Å²) >= 11 is 0. The Morgan fingerprint density at radius 3 is 2.84 bits per heavy atom. The van der Waals surface area contributed by atoms with Gasteiger partial charge in [-0.1, -0.05) is 18.2 Å². The van der Waals surface area contributed by atoms with E-state index in [2.05, 4.69) is 37.5 Å². The summed E-state index contributed by atoms with van der Waals surface area (Å²) in [7, 11) is 2.03. The lowest BCUT2D eigenvalue weighted by molar-refractivity contribution is 0.0684. The summed E-state index contributed by atoms with van der Waals surface area (Å²) < 4.78 is 7.45. The Hall–Kier alpha value is -2.87. The van der Waals surface area contributed by atoms with Gasteiger partial charge in [-0.25, -0.2) is 0 Å². The highest BCUT2D eigenvalue weighted by Gasteiger charge is 2.24. The highest BCUT2D eigenvalue weighted by molar-refractivity contribution is 5.91. The number of amides is 1. The van der Waals surface area contributed by atoms with Crippen LogP contribution in [0, 0.1) is 5.92 Å². The minimum atomic E-state index is -0.188. The summed E-state index contributed by atoms with van der Waals surface area (Å²) in [6, 6.07) is 8.31. The van der Waals surface area contributed by atoms with Crippen LogP contribution in [0.2, 0.25) is 0 Å². The van der Waals surface area contributed by atoms with Crippen LogP contribution in [0.15, 0.2) is 30.5 Å². The molecule has 3 heterocycles. The van der Waals surface area contributed by atoms with Gasteiger partial charge in [0.2, 0.25) is 11.8 Å². The zero-order valence-electron chi connectivity index (χ0n) is 18.6. The quantitative estimate of drug-likeness (QED) is 0.580. The van der Waals surface area contributed by atoms with E-state index in [1.165, 1.54) is 10.9 Å². The third kappa shape index (κ3) is 4.90. The Labute approximate surface area is 183 Å². The average Bonchev–Trinajstić information content (AvgIpc) is 3.36. The normalized spacial score (nSPS) is 15.0. The molecule has 0 atom stereocenters. The number of carbonyl (C=O) groups excluding carboxylic acids is 1. The number of benzene rings is 1. The number of fused-ring (bicyclic) bond motifs is 1. The van der Waals surface area contributed by atoms with Crippen LogP contribution in [-0.2, 0) is 17.7 Å². The van der Waals surface area contributed by atoms with E-state index in [0.29, 0.717) is 18.3 Å². The first-order valence-electron chi connectivity index (χ1n) is 11.1. The summed E-state index contributed by atoms with van der Waals surface area (Å²) in [6.45, 7) is 7.02. The van der Waals surface area contributed by atoms with E-state index in [4.69, 9.17) is 4.74 Å². The number of aromatic amines is 1. The number of hydrogen-bond acceptors (Lipinski definition) is 5. The number of aromatic nitrogens is 4. The highest BCUT2D eigenvalue weighted by Crippen LogP contribution is 2.22. The van der Waals surface area contributed by atoms with Gasteiger partial charge in [-0.15, -0.1) is 10.2 Å². The largest absolute Gasteiger partial charge is 0.381 e. The zero-order chi connectivity index (χ0) is 21.8. The number of anilines is 1. The Morgan fingerprint density at radius 2 is 2.06 bits per heavy atom. The van der Waals surface area contributed by atoms with Gasteiger partial charge in [-0.05, 0) is 50.7 Å². The molecule has 1 amide bonds. The summed E-state index contributed by atoms with van der Waals surface area (Å²) in [4.78, 5) is 18.3. The molecule has 166 valence electrons. The molecule has 0 bridgehead atoms. The lowest BCUT2D eigenvalue weighted by atomic mass is 10.00. The van der Waals surface area contributed by atoms with E-state index in [1.807, 2.05) is 43.8 Å². The first-order chi connectivity index (χ1) is 15.0. The highest BCUT2D eigenvalue weighted by atomic mass is 16.5. The maximum absolute atomic E-state index is 12.8. The van der Waals surface area contributed by atoms with Gasteiger partial charge in [0, 0.05) is 56.5 Å². The second-order valence-corrected chi connectivity index (χ2v) is 8.65. The van der Waals surface area contributed by atoms with Crippen molar-refractivity contribution in [2.24, 2.45) is 5.92 Å². The van der Waals surface area contributed by atoms with E-state index in [0.717, 1.165) is 50.5 Å². The molecule has 0 saturated carbocycles. The van der Waals surface area contributed by atoms with Crippen LogP contribution < -0.4 is 10.2 Å². The van der Waals surface area contributed by atoms with Crippen molar-refractivity contribution in [1.82, 2.24) is 25.1 Å². The molecular formula is C23H32N6O2. The number of hydrogen-bond donors (Lipinski definition) is 2. The summed E-state index contributed by atoms with van der Waals surface area (Å²) in [5.41, 5.74) is 2.34. The molecule has 2 N–H and O–H groups in total. The minimum Gasteiger partial charge on any atom is -0.381 e. The van der Waals surface area contributed by atoms with Crippen LogP contribution in [0.4, 0.5) is 5.95 Å². The molecule has 1 aromatic carbocycles. The Kier molecular flexibility index (Phi) is 6.56. The van der Waals surface area contributed by atoms with Crippen molar-refractivity contribution in [2.75, 3.05) is 31.7 Å². The van der Waals surface area contributed by atoms with Crippen molar-refractivity contribution in [3.63, 3.8) is 0 Å². The fourth-order valence-electron chi connectivity index (χ4n) is 4.25. The molecule has 3 aromatic rings. The van der Waals surface area contributed by atoms with Gasteiger partial charge in [0.1, 0.15) is 0 Å². The average molecular weight is 425 g/mol. The van der Waals surface area contributed by atoms with Crippen molar-refractivity contribution >= 4 is 22.8 Å². The van der Waals surface area contributed by atoms with E-state index < -0.39 is 0 Å². The predicted octanol–water partition coefficient (Wildman–Crippen LogP) is 3.00. The van der Waals surface area contributed by atoms with Gasteiger partial charge < -0.3 is 19.9 Å². The molecule has 4 rings (SSSR count). The van der Waals surface area contributed by atoms with Gasteiger partial charge >= 0.3 is 0 Å². The van der Waals surface area contributed by atoms with E-state index >= 15 is 0 Å². The lowest BCUT2D eigenvalue weighted by Crippen LogP contribution is -2.34.